The fourth-order valence-electron chi connectivity index (χ4n) is 2.18. The Labute approximate surface area is 111 Å². The zero-order valence-corrected chi connectivity index (χ0v) is 10.9. The molecule has 96 valence electrons. The maximum Gasteiger partial charge on any atom is 0.161 e. The number of aryl methyl sites for hydroxylation is 2. The van der Waals surface area contributed by atoms with Crippen molar-refractivity contribution in [1.29, 1.82) is 0 Å². The first-order chi connectivity index (χ1) is 9.16. The van der Waals surface area contributed by atoms with Gasteiger partial charge in [-0.05, 0) is 6.92 Å². The van der Waals surface area contributed by atoms with Crippen molar-refractivity contribution in [2.45, 2.75) is 6.92 Å². The molecule has 2 N–H and O–H groups in total. The molecule has 0 radical (unpaired) electrons. The standard InChI is InChI=1S/C14H15N5/c1-10-3-5-11(6-4-10)13-12(9-17-18(13)2)14-16-7-8-19(14)15/h3-9H,15H2,1-2H3. The highest BCUT2D eigenvalue weighted by Gasteiger charge is 2.15. The van der Waals surface area contributed by atoms with Crippen LogP contribution in [0.5, 0.6) is 0 Å². The third-order valence-electron chi connectivity index (χ3n) is 3.17. The molecule has 0 fully saturated rings. The van der Waals surface area contributed by atoms with Crippen LogP contribution in [0.2, 0.25) is 0 Å². The monoisotopic (exact) mass is 253 g/mol. The Morgan fingerprint density at radius 3 is 2.53 bits per heavy atom. The maximum absolute atomic E-state index is 5.87. The first-order valence-corrected chi connectivity index (χ1v) is 6.04. The summed E-state index contributed by atoms with van der Waals surface area (Å²) in [6, 6.07) is 8.33. The summed E-state index contributed by atoms with van der Waals surface area (Å²) < 4.78 is 3.35. The van der Waals surface area contributed by atoms with E-state index in [1.165, 1.54) is 10.2 Å². The highest BCUT2D eigenvalue weighted by molar-refractivity contribution is 5.77. The molecule has 0 atom stereocenters. The minimum absolute atomic E-state index is 0.712. The third kappa shape index (κ3) is 1.89. The number of nitrogen functional groups attached to an aromatic ring is 1. The third-order valence-corrected chi connectivity index (χ3v) is 3.17. The number of imidazole rings is 1. The molecular weight excluding hydrogens is 238 g/mol. The van der Waals surface area contributed by atoms with Crippen LogP contribution < -0.4 is 5.84 Å². The number of nitrogens with two attached hydrogens (primary N) is 1. The molecule has 0 saturated heterocycles. The number of benzene rings is 1. The fraction of sp³-hybridized carbons (Fsp3) is 0.143. The minimum Gasteiger partial charge on any atom is -0.338 e. The van der Waals surface area contributed by atoms with Crippen LogP contribution >= 0.6 is 0 Å². The Morgan fingerprint density at radius 2 is 1.89 bits per heavy atom. The molecule has 0 amide bonds. The van der Waals surface area contributed by atoms with Crippen LogP contribution in [0.25, 0.3) is 22.6 Å². The van der Waals surface area contributed by atoms with Crippen LogP contribution in [0.15, 0.2) is 42.9 Å². The second kappa shape index (κ2) is 4.28. The van der Waals surface area contributed by atoms with Gasteiger partial charge in [0, 0.05) is 25.0 Å². The average molecular weight is 253 g/mol. The van der Waals surface area contributed by atoms with Crippen molar-refractivity contribution in [1.82, 2.24) is 19.4 Å². The summed E-state index contributed by atoms with van der Waals surface area (Å²) in [6.07, 6.45) is 5.20. The quantitative estimate of drug-likeness (QED) is 0.710. The zero-order chi connectivity index (χ0) is 13.4. The first-order valence-electron chi connectivity index (χ1n) is 6.04. The molecule has 0 bridgehead atoms. The lowest BCUT2D eigenvalue weighted by molar-refractivity contribution is 0.776. The first kappa shape index (κ1) is 11.5. The van der Waals surface area contributed by atoms with Gasteiger partial charge in [0.25, 0.3) is 0 Å². The van der Waals surface area contributed by atoms with Crippen LogP contribution in [0, 0.1) is 6.92 Å². The molecule has 3 rings (SSSR count). The van der Waals surface area contributed by atoms with Crippen molar-refractivity contribution >= 4 is 0 Å². The van der Waals surface area contributed by atoms with Crippen molar-refractivity contribution in [3.05, 3.63) is 48.4 Å². The van der Waals surface area contributed by atoms with Crippen molar-refractivity contribution in [3.8, 4) is 22.6 Å². The van der Waals surface area contributed by atoms with Crippen LogP contribution in [0.1, 0.15) is 5.56 Å². The Morgan fingerprint density at radius 1 is 1.16 bits per heavy atom. The smallest absolute Gasteiger partial charge is 0.161 e. The largest absolute Gasteiger partial charge is 0.338 e. The van der Waals surface area contributed by atoms with Gasteiger partial charge in [-0.15, -0.1) is 0 Å². The van der Waals surface area contributed by atoms with E-state index in [-0.39, 0.29) is 0 Å². The van der Waals surface area contributed by atoms with E-state index in [1.807, 2.05) is 11.7 Å². The summed E-state index contributed by atoms with van der Waals surface area (Å²) in [5.74, 6) is 6.58. The van der Waals surface area contributed by atoms with Gasteiger partial charge in [-0.1, -0.05) is 29.8 Å². The van der Waals surface area contributed by atoms with Gasteiger partial charge >= 0.3 is 0 Å². The molecule has 5 heteroatoms. The van der Waals surface area contributed by atoms with Crippen LogP contribution in [-0.4, -0.2) is 19.4 Å². The topological polar surface area (TPSA) is 61.7 Å². The maximum atomic E-state index is 5.87. The lowest BCUT2D eigenvalue weighted by Crippen LogP contribution is -2.08. The van der Waals surface area contributed by atoms with E-state index in [2.05, 4.69) is 41.3 Å². The molecule has 0 saturated carbocycles. The fourth-order valence-corrected chi connectivity index (χ4v) is 2.18. The molecule has 2 heterocycles. The summed E-state index contributed by atoms with van der Waals surface area (Å²) in [6.45, 7) is 2.07. The lowest BCUT2D eigenvalue weighted by atomic mass is 10.1. The van der Waals surface area contributed by atoms with E-state index in [0.29, 0.717) is 5.82 Å². The summed E-state index contributed by atoms with van der Waals surface area (Å²) in [5.41, 5.74) is 4.27. The molecule has 0 aliphatic carbocycles. The summed E-state index contributed by atoms with van der Waals surface area (Å²) in [5, 5.41) is 4.32. The van der Waals surface area contributed by atoms with Gasteiger partial charge in [0.1, 0.15) is 0 Å². The van der Waals surface area contributed by atoms with Crippen molar-refractivity contribution in [3.63, 3.8) is 0 Å². The number of aromatic nitrogens is 4. The van der Waals surface area contributed by atoms with Crippen molar-refractivity contribution in [2.75, 3.05) is 5.84 Å². The molecule has 0 aliphatic heterocycles. The van der Waals surface area contributed by atoms with Gasteiger partial charge < -0.3 is 5.84 Å². The number of hydrogen-bond acceptors (Lipinski definition) is 3. The Hall–Kier alpha value is -2.56. The Bertz CT molecular complexity index is 706. The van der Waals surface area contributed by atoms with E-state index in [9.17, 15) is 0 Å². The van der Waals surface area contributed by atoms with Crippen molar-refractivity contribution in [2.24, 2.45) is 7.05 Å². The van der Waals surface area contributed by atoms with Crippen molar-refractivity contribution < 1.29 is 0 Å². The van der Waals surface area contributed by atoms with Crippen LogP contribution in [-0.2, 0) is 7.05 Å². The van der Waals surface area contributed by atoms with Gasteiger partial charge in [0.15, 0.2) is 5.82 Å². The zero-order valence-electron chi connectivity index (χ0n) is 10.9. The van der Waals surface area contributed by atoms with E-state index in [1.54, 1.807) is 18.6 Å². The van der Waals surface area contributed by atoms with Gasteiger partial charge in [-0.25, -0.2) is 4.98 Å². The van der Waals surface area contributed by atoms with Gasteiger partial charge in [-0.2, -0.15) is 5.10 Å². The molecule has 1 aromatic carbocycles. The van der Waals surface area contributed by atoms with Crippen LogP contribution in [0.4, 0.5) is 0 Å². The molecule has 5 nitrogen and oxygen atoms in total. The SMILES string of the molecule is Cc1ccc(-c2c(-c3nccn3N)cnn2C)cc1. The summed E-state index contributed by atoms with van der Waals surface area (Å²) in [7, 11) is 1.92. The second-order valence-corrected chi connectivity index (χ2v) is 4.55. The van der Waals surface area contributed by atoms with Gasteiger partial charge in [-0.3, -0.25) is 9.36 Å². The lowest BCUT2D eigenvalue weighted by Gasteiger charge is -2.07. The Kier molecular flexibility index (Phi) is 2.59. The number of nitrogens with zero attached hydrogens (tertiary/aromatic N) is 4. The molecular formula is C14H15N5. The van der Waals surface area contributed by atoms with Crippen LogP contribution in [0.3, 0.4) is 0 Å². The van der Waals surface area contributed by atoms with E-state index in [0.717, 1.165) is 16.8 Å². The average Bonchev–Trinajstić information content (AvgIpc) is 2.97. The highest BCUT2D eigenvalue weighted by Crippen LogP contribution is 2.30. The number of hydrogen-bond donors (Lipinski definition) is 1. The second-order valence-electron chi connectivity index (χ2n) is 4.55. The van der Waals surface area contributed by atoms with E-state index >= 15 is 0 Å². The molecule has 0 aliphatic rings. The molecule has 19 heavy (non-hydrogen) atoms. The molecule has 2 aromatic heterocycles. The Balaban J connectivity index is 2.19. The molecule has 3 aromatic rings. The normalized spacial score (nSPS) is 10.8. The predicted molar refractivity (Wildman–Crippen MR) is 74.8 cm³/mol. The molecule has 0 unspecified atom stereocenters. The summed E-state index contributed by atoms with van der Waals surface area (Å²) in [4.78, 5) is 4.29. The minimum atomic E-state index is 0.712. The predicted octanol–water partition coefficient (Wildman–Crippen LogP) is 1.97. The summed E-state index contributed by atoms with van der Waals surface area (Å²) >= 11 is 0. The highest BCUT2D eigenvalue weighted by atomic mass is 15.3. The van der Waals surface area contributed by atoms with Gasteiger partial charge in [0.2, 0.25) is 0 Å². The number of rotatable bonds is 2. The van der Waals surface area contributed by atoms with E-state index < -0.39 is 0 Å². The van der Waals surface area contributed by atoms with E-state index in [4.69, 9.17) is 5.84 Å². The van der Waals surface area contributed by atoms with Gasteiger partial charge in [0.05, 0.1) is 17.5 Å². The molecule has 0 spiro atoms.